The summed E-state index contributed by atoms with van der Waals surface area (Å²) in [7, 11) is 1.75. The van der Waals surface area contributed by atoms with Crippen LogP contribution in [0.2, 0.25) is 0 Å². The van der Waals surface area contributed by atoms with Crippen molar-refractivity contribution < 1.29 is 9.47 Å². The molecular weight excluding hydrogens is 250 g/mol. The average Bonchev–Trinajstić information content (AvgIpc) is 3.07. The minimum absolute atomic E-state index is 0.152. The van der Waals surface area contributed by atoms with E-state index in [9.17, 15) is 0 Å². The van der Waals surface area contributed by atoms with Gasteiger partial charge in [-0.25, -0.2) is 0 Å². The SMILES string of the molecule is COC12C=CC3(CN(c4ccc(C)cc4)CC3C1C)O2. The van der Waals surface area contributed by atoms with Gasteiger partial charge in [-0.1, -0.05) is 24.6 Å². The van der Waals surface area contributed by atoms with Crippen molar-refractivity contribution in [1.82, 2.24) is 0 Å². The summed E-state index contributed by atoms with van der Waals surface area (Å²) < 4.78 is 12.0. The van der Waals surface area contributed by atoms with Gasteiger partial charge in [-0.2, -0.15) is 0 Å². The van der Waals surface area contributed by atoms with Gasteiger partial charge in [0, 0.05) is 31.2 Å². The van der Waals surface area contributed by atoms with Crippen LogP contribution < -0.4 is 4.90 Å². The Balaban J connectivity index is 1.64. The van der Waals surface area contributed by atoms with Gasteiger partial charge < -0.3 is 14.4 Å². The Kier molecular flexibility index (Phi) is 2.40. The zero-order valence-corrected chi connectivity index (χ0v) is 12.3. The van der Waals surface area contributed by atoms with Gasteiger partial charge in [0.05, 0.1) is 6.54 Å². The first kappa shape index (κ1) is 12.4. The fraction of sp³-hybridized carbons (Fsp3) is 0.529. The molecule has 106 valence electrons. The van der Waals surface area contributed by atoms with Crippen molar-refractivity contribution in [2.75, 3.05) is 25.1 Å². The Morgan fingerprint density at radius 2 is 2.00 bits per heavy atom. The topological polar surface area (TPSA) is 21.7 Å². The maximum absolute atomic E-state index is 6.33. The van der Waals surface area contributed by atoms with Crippen LogP contribution in [0.5, 0.6) is 0 Å². The van der Waals surface area contributed by atoms with E-state index in [1.807, 2.05) is 0 Å². The van der Waals surface area contributed by atoms with Gasteiger partial charge in [0.25, 0.3) is 0 Å². The van der Waals surface area contributed by atoms with Crippen molar-refractivity contribution in [1.29, 1.82) is 0 Å². The molecule has 2 bridgehead atoms. The third kappa shape index (κ3) is 1.42. The van der Waals surface area contributed by atoms with Gasteiger partial charge in [0.1, 0.15) is 5.60 Å². The van der Waals surface area contributed by atoms with Crippen molar-refractivity contribution in [3.63, 3.8) is 0 Å². The highest BCUT2D eigenvalue weighted by molar-refractivity contribution is 5.51. The molecular formula is C17H21NO2. The molecule has 3 nitrogen and oxygen atoms in total. The van der Waals surface area contributed by atoms with Crippen LogP contribution >= 0.6 is 0 Å². The summed E-state index contributed by atoms with van der Waals surface area (Å²) in [6.45, 7) is 6.34. The number of hydrogen-bond acceptors (Lipinski definition) is 3. The Bertz CT molecular complexity index is 567. The number of benzene rings is 1. The van der Waals surface area contributed by atoms with Crippen LogP contribution in [0.25, 0.3) is 0 Å². The molecule has 3 aliphatic heterocycles. The van der Waals surface area contributed by atoms with E-state index < -0.39 is 5.79 Å². The third-order valence-electron chi connectivity index (χ3n) is 5.39. The number of rotatable bonds is 2. The maximum atomic E-state index is 6.33. The number of methoxy groups -OCH3 is 1. The normalized spacial score (nSPS) is 41.5. The van der Waals surface area contributed by atoms with Crippen molar-refractivity contribution in [2.24, 2.45) is 11.8 Å². The van der Waals surface area contributed by atoms with E-state index in [0.717, 1.165) is 13.1 Å². The predicted octanol–water partition coefficient (Wildman–Crippen LogP) is 2.75. The van der Waals surface area contributed by atoms with Crippen molar-refractivity contribution in [3.05, 3.63) is 42.0 Å². The molecule has 1 aromatic rings. The van der Waals surface area contributed by atoms with Crippen LogP contribution in [0.4, 0.5) is 5.69 Å². The first-order valence-corrected chi connectivity index (χ1v) is 7.36. The van der Waals surface area contributed by atoms with Crippen LogP contribution in [-0.2, 0) is 9.47 Å². The maximum Gasteiger partial charge on any atom is 0.191 e. The zero-order chi connectivity index (χ0) is 14.0. The van der Waals surface area contributed by atoms with Crippen molar-refractivity contribution >= 4 is 5.69 Å². The first-order valence-electron chi connectivity index (χ1n) is 7.36. The molecule has 4 atom stereocenters. The van der Waals surface area contributed by atoms with E-state index >= 15 is 0 Å². The minimum atomic E-state index is -0.482. The van der Waals surface area contributed by atoms with Gasteiger partial charge in [-0.05, 0) is 31.2 Å². The predicted molar refractivity (Wildman–Crippen MR) is 78.7 cm³/mol. The summed E-state index contributed by atoms with van der Waals surface area (Å²) >= 11 is 0. The Hall–Kier alpha value is -1.32. The number of nitrogens with zero attached hydrogens (tertiary/aromatic N) is 1. The lowest BCUT2D eigenvalue weighted by Gasteiger charge is -2.30. The average molecular weight is 271 g/mol. The number of hydrogen-bond donors (Lipinski definition) is 0. The summed E-state index contributed by atoms with van der Waals surface area (Å²) in [6.07, 6.45) is 4.35. The van der Waals surface area contributed by atoms with Crippen LogP contribution in [0, 0.1) is 18.8 Å². The lowest BCUT2D eigenvalue weighted by atomic mass is 9.77. The number of fused-ring (bicyclic) bond motifs is 1. The molecule has 0 amide bonds. The second kappa shape index (κ2) is 3.86. The quantitative estimate of drug-likeness (QED) is 0.772. The van der Waals surface area contributed by atoms with E-state index in [-0.39, 0.29) is 5.60 Å². The van der Waals surface area contributed by atoms with Crippen LogP contribution in [0.1, 0.15) is 12.5 Å². The molecule has 0 aromatic heterocycles. The van der Waals surface area contributed by atoms with E-state index in [1.165, 1.54) is 11.3 Å². The van der Waals surface area contributed by atoms with Gasteiger partial charge in [0.15, 0.2) is 5.79 Å². The van der Waals surface area contributed by atoms with Gasteiger partial charge in [-0.3, -0.25) is 0 Å². The molecule has 2 fully saturated rings. The van der Waals surface area contributed by atoms with E-state index in [0.29, 0.717) is 11.8 Å². The molecule has 4 unspecified atom stereocenters. The van der Waals surface area contributed by atoms with Gasteiger partial charge in [0.2, 0.25) is 0 Å². The molecule has 3 heteroatoms. The molecule has 0 aliphatic carbocycles. The van der Waals surface area contributed by atoms with Gasteiger partial charge >= 0.3 is 0 Å². The molecule has 0 saturated carbocycles. The number of ether oxygens (including phenoxy) is 2. The van der Waals surface area contributed by atoms with Crippen LogP contribution in [0.3, 0.4) is 0 Å². The number of anilines is 1. The summed E-state index contributed by atoms with van der Waals surface area (Å²) in [5, 5.41) is 0. The summed E-state index contributed by atoms with van der Waals surface area (Å²) in [6, 6.07) is 8.77. The molecule has 1 aromatic carbocycles. The number of aryl methyl sites for hydroxylation is 1. The fourth-order valence-corrected chi connectivity index (χ4v) is 4.13. The van der Waals surface area contributed by atoms with Crippen LogP contribution in [-0.4, -0.2) is 31.6 Å². The highest BCUT2D eigenvalue weighted by Crippen LogP contribution is 2.57. The second-order valence-electron chi connectivity index (χ2n) is 6.43. The largest absolute Gasteiger partial charge is 0.368 e. The highest BCUT2D eigenvalue weighted by Gasteiger charge is 2.66. The Morgan fingerprint density at radius 1 is 1.25 bits per heavy atom. The monoisotopic (exact) mass is 271 g/mol. The molecule has 0 N–H and O–H groups in total. The fourth-order valence-electron chi connectivity index (χ4n) is 4.13. The third-order valence-corrected chi connectivity index (χ3v) is 5.39. The Morgan fingerprint density at radius 3 is 2.65 bits per heavy atom. The highest BCUT2D eigenvalue weighted by atomic mass is 16.7. The smallest absolute Gasteiger partial charge is 0.191 e. The van der Waals surface area contributed by atoms with E-state index in [1.54, 1.807) is 7.11 Å². The molecule has 20 heavy (non-hydrogen) atoms. The Labute approximate surface area is 120 Å². The molecule has 0 radical (unpaired) electrons. The van der Waals surface area contributed by atoms with Crippen molar-refractivity contribution in [2.45, 2.75) is 25.2 Å². The lowest BCUT2D eigenvalue weighted by molar-refractivity contribution is -0.194. The molecule has 2 saturated heterocycles. The molecule has 1 spiro atoms. The van der Waals surface area contributed by atoms with Crippen molar-refractivity contribution in [3.8, 4) is 0 Å². The van der Waals surface area contributed by atoms with Crippen LogP contribution in [0.15, 0.2) is 36.4 Å². The minimum Gasteiger partial charge on any atom is -0.368 e. The molecule has 4 rings (SSSR count). The standard InChI is InChI=1S/C17H21NO2/c1-12-4-6-14(7-5-12)18-10-15-13(2)17(19-3)9-8-16(15,11-18)20-17/h4-9,13,15H,10-11H2,1-3H3. The molecule has 3 heterocycles. The first-order chi connectivity index (χ1) is 9.58. The summed E-state index contributed by atoms with van der Waals surface area (Å²) in [4.78, 5) is 2.44. The van der Waals surface area contributed by atoms with Gasteiger partial charge in [-0.15, -0.1) is 0 Å². The van der Waals surface area contributed by atoms with E-state index in [2.05, 4.69) is 55.2 Å². The van der Waals surface area contributed by atoms with E-state index in [4.69, 9.17) is 9.47 Å². The summed E-state index contributed by atoms with van der Waals surface area (Å²) in [5.74, 6) is 0.422. The zero-order valence-electron chi connectivity index (χ0n) is 12.3. The summed E-state index contributed by atoms with van der Waals surface area (Å²) in [5.41, 5.74) is 2.44. The molecule has 3 aliphatic rings. The lowest BCUT2D eigenvalue weighted by Crippen LogP contribution is -2.37. The second-order valence-corrected chi connectivity index (χ2v) is 6.43.